The molecule has 0 fully saturated rings. The molecule has 1 aromatic carbocycles. The van der Waals surface area contributed by atoms with Gasteiger partial charge in [-0.15, -0.1) is 0 Å². The van der Waals surface area contributed by atoms with Crippen molar-refractivity contribution in [2.24, 2.45) is 0 Å². The van der Waals surface area contributed by atoms with Gasteiger partial charge in [0.25, 0.3) is 5.91 Å². The Kier molecular flexibility index (Phi) is 5.23. The van der Waals surface area contributed by atoms with Gasteiger partial charge in [-0.25, -0.2) is 4.98 Å². The molecule has 0 saturated heterocycles. The summed E-state index contributed by atoms with van der Waals surface area (Å²) in [5.74, 6) is -0.244. The van der Waals surface area contributed by atoms with Crippen LogP contribution in [-0.4, -0.2) is 34.6 Å². The summed E-state index contributed by atoms with van der Waals surface area (Å²) in [5, 5.41) is 18.0. The fourth-order valence-corrected chi connectivity index (χ4v) is 2.29. The van der Waals surface area contributed by atoms with Crippen molar-refractivity contribution >= 4 is 5.91 Å². The molecule has 1 N–H and O–H groups in total. The van der Waals surface area contributed by atoms with E-state index < -0.39 is 0 Å². The van der Waals surface area contributed by atoms with E-state index >= 15 is 0 Å². The van der Waals surface area contributed by atoms with E-state index in [4.69, 9.17) is 5.26 Å². The van der Waals surface area contributed by atoms with Crippen LogP contribution in [-0.2, 0) is 0 Å². The summed E-state index contributed by atoms with van der Waals surface area (Å²) in [5.41, 5.74) is 1.65. The maximum Gasteiger partial charge on any atom is 0.272 e. The summed E-state index contributed by atoms with van der Waals surface area (Å²) in [6.45, 7) is -0.0159. The predicted octanol–water partition coefficient (Wildman–Crippen LogP) is 2.15. The van der Waals surface area contributed by atoms with Crippen LogP contribution in [0, 0.1) is 11.3 Å². The summed E-state index contributed by atoms with van der Waals surface area (Å²) in [6.07, 6.45) is 1.83. The number of nitrogens with zero attached hydrogens (tertiary/aromatic N) is 3. The SMILES string of the molecule is CN(C(=O)c1ccc(C#N)cn1)C(CCO)c1ccccc1. The van der Waals surface area contributed by atoms with E-state index in [1.54, 1.807) is 24.1 Å². The number of pyridine rings is 1. The van der Waals surface area contributed by atoms with Crippen LogP contribution in [0.3, 0.4) is 0 Å². The Bertz CT molecular complexity index is 663. The molecular weight excluding hydrogens is 278 g/mol. The van der Waals surface area contributed by atoms with Crippen molar-refractivity contribution in [1.82, 2.24) is 9.88 Å². The maximum absolute atomic E-state index is 12.5. The molecule has 1 heterocycles. The molecule has 0 aliphatic rings. The number of hydrogen-bond acceptors (Lipinski definition) is 4. The zero-order valence-corrected chi connectivity index (χ0v) is 12.3. The maximum atomic E-state index is 12.5. The Hall–Kier alpha value is -2.71. The lowest BCUT2D eigenvalue weighted by atomic mass is 10.0. The Morgan fingerprint density at radius 2 is 2.05 bits per heavy atom. The number of aliphatic hydroxyl groups excluding tert-OH is 1. The number of aliphatic hydroxyl groups is 1. The molecule has 2 rings (SSSR count). The van der Waals surface area contributed by atoms with Crippen molar-refractivity contribution in [2.45, 2.75) is 12.5 Å². The van der Waals surface area contributed by atoms with Gasteiger partial charge in [0.15, 0.2) is 0 Å². The molecule has 2 aromatic rings. The number of nitriles is 1. The van der Waals surface area contributed by atoms with Crippen molar-refractivity contribution in [3.63, 3.8) is 0 Å². The van der Waals surface area contributed by atoms with Gasteiger partial charge in [0, 0.05) is 19.9 Å². The van der Waals surface area contributed by atoms with Gasteiger partial charge in [0.2, 0.25) is 0 Å². The molecule has 1 atom stereocenters. The molecule has 5 heteroatoms. The van der Waals surface area contributed by atoms with Crippen LogP contribution in [0.1, 0.15) is 34.1 Å². The molecule has 0 bridgehead atoms. The number of benzene rings is 1. The van der Waals surface area contributed by atoms with Crippen LogP contribution < -0.4 is 0 Å². The second kappa shape index (κ2) is 7.34. The van der Waals surface area contributed by atoms with Gasteiger partial charge in [0.1, 0.15) is 11.8 Å². The van der Waals surface area contributed by atoms with Crippen molar-refractivity contribution in [3.05, 3.63) is 65.5 Å². The van der Waals surface area contributed by atoms with Gasteiger partial charge in [-0.05, 0) is 24.1 Å². The van der Waals surface area contributed by atoms with Crippen molar-refractivity contribution in [1.29, 1.82) is 5.26 Å². The Labute approximate surface area is 129 Å². The van der Waals surface area contributed by atoms with Crippen LogP contribution in [0.2, 0.25) is 0 Å². The second-order valence-electron chi connectivity index (χ2n) is 4.90. The summed E-state index contributed by atoms with van der Waals surface area (Å²) in [4.78, 5) is 18.1. The lowest BCUT2D eigenvalue weighted by Crippen LogP contribution is -2.32. The van der Waals surface area contributed by atoms with Crippen LogP contribution in [0.25, 0.3) is 0 Å². The summed E-state index contributed by atoms with van der Waals surface area (Å²) >= 11 is 0. The predicted molar refractivity (Wildman–Crippen MR) is 81.9 cm³/mol. The molecule has 22 heavy (non-hydrogen) atoms. The number of carbonyl (C=O) groups excluding carboxylic acids is 1. The summed E-state index contributed by atoms with van der Waals surface area (Å²) < 4.78 is 0. The monoisotopic (exact) mass is 295 g/mol. The second-order valence-corrected chi connectivity index (χ2v) is 4.90. The highest BCUT2D eigenvalue weighted by Gasteiger charge is 2.23. The first-order valence-corrected chi connectivity index (χ1v) is 6.96. The molecule has 1 unspecified atom stereocenters. The summed E-state index contributed by atoms with van der Waals surface area (Å²) in [6, 6.07) is 14.4. The number of aromatic nitrogens is 1. The average molecular weight is 295 g/mol. The van der Waals surface area contributed by atoms with Gasteiger partial charge in [-0.3, -0.25) is 4.79 Å². The average Bonchev–Trinajstić information content (AvgIpc) is 2.59. The van der Waals surface area contributed by atoms with E-state index in [2.05, 4.69) is 4.98 Å². The molecule has 112 valence electrons. The third-order valence-corrected chi connectivity index (χ3v) is 3.49. The molecule has 0 saturated carbocycles. The molecule has 1 aromatic heterocycles. The first-order valence-electron chi connectivity index (χ1n) is 6.96. The third-order valence-electron chi connectivity index (χ3n) is 3.49. The van der Waals surface area contributed by atoms with Crippen molar-refractivity contribution in [3.8, 4) is 6.07 Å². The topological polar surface area (TPSA) is 77.2 Å². The van der Waals surface area contributed by atoms with Crippen LogP contribution in [0.15, 0.2) is 48.7 Å². The van der Waals surface area contributed by atoms with Crippen LogP contribution in [0.5, 0.6) is 0 Å². The van der Waals surface area contributed by atoms with Crippen molar-refractivity contribution < 1.29 is 9.90 Å². The van der Waals surface area contributed by atoms with Crippen LogP contribution in [0.4, 0.5) is 0 Å². The van der Waals surface area contributed by atoms with E-state index in [0.717, 1.165) is 5.56 Å². The standard InChI is InChI=1S/C17H17N3O2/c1-20(16(9-10-21)14-5-3-2-4-6-14)17(22)15-8-7-13(11-18)12-19-15/h2-8,12,16,21H,9-10H2,1H3. The van der Waals surface area contributed by atoms with E-state index in [1.165, 1.54) is 6.20 Å². The molecule has 1 amide bonds. The third kappa shape index (κ3) is 3.48. The van der Waals surface area contributed by atoms with Crippen molar-refractivity contribution in [2.75, 3.05) is 13.7 Å². The minimum atomic E-state index is -0.244. The van der Waals surface area contributed by atoms with Gasteiger partial charge < -0.3 is 10.0 Å². The molecule has 0 spiro atoms. The van der Waals surface area contributed by atoms with Gasteiger partial charge in [-0.2, -0.15) is 5.26 Å². The number of carbonyl (C=O) groups is 1. The smallest absolute Gasteiger partial charge is 0.272 e. The minimum absolute atomic E-state index is 0.0159. The lowest BCUT2D eigenvalue weighted by Gasteiger charge is -2.28. The highest BCUT2D eigenvalue weighted by Crippen LogP contribution is 2.24. The lowest BCUT2D eigenvalue weighted by molar-refractivity contribution is 0.0699. The molecule has 0 radical (unpaired) electrons. The normalized spacial score (nSPS) is 11.5. The first-order chi connectivity index (χ1) is 10.7. The van der Waals surface area contributed by atoms with E-state index in [0.29, 0.717) is 12.0 Å². The molecule has 0 aliphatic carbocycles. The zero-order valence-electron chi connectivity index (χ0n) is 12.3. The van der Waals surface area contributed by atoms with E-state index in [9.17, 15) is 9.90 Å². The van der Waals surface area contributed by atoms with Gasteiger partial charge >= 0.3 is 0 Å². The summed E-state index contributed by atoms with van der Waals surface area (Å²) in [7, 11) is 1.69. The Balaban J connectivity index is 2.24. The van der Waals surface area contributed by atoms with Crippen LogP contribution >= 0.6 is 0 Å². The molecule has 0 aliphatic heterocycles. The van der Waals surface area contributed by atoms with E-state index in [-0.39, 0.29) is 24.2 Å². The largest absolute Gasteiger partial charge is 0.396 e. The van der Waals surface area contributed by atoms with Gasteiger partial charge in [0.05, 0.1) is 11.6 Å². The number of amides is 1. The zero-order chi connectivity index (χ0) is 15.9. The minimum Gasteiger partial charge on any atom is -0.396 e. The highest BCUT2D eigenvalue weighted by molar-refractivity contribution is 5.92. The fourth-order valence-electron chi connectivity index (χ4n) is 2.29. The van der Waals surface area contributed by atoms with E-state index in [1.807, 2.05) is 36.4 Å². The highest BCUT2D eigenvalue weighted by atomic mass is 16.3. The Morgan fingerprint density at radius 1 is 1.32 bits per heavy atom. The number of hydrogen-bond donors (Lipinski definition) is 1. The molecule has 5 nitrogen and oxygen atoms in total. The first kappa shape index (κ1) is 15.7. The quantitative estimate of drug-likeness (QED) is 0.917. The Morgan fingerprint density at radius 3 is 2.59 bits per heavy atom. The van der Waals surface area contributed by atoms with Gasteiger partial charge in [-0.1, -0.05) is 30.3 Å². The fraction of sp³-hybridized carbons (Fsp3) is 0.235. The number of rotatable bonds is 5. The molecular formula is C17H17N3O2.